The molecule has 0 unspecified atom stereocenters. The van der Waals surface area contributed by atoms with Crippen molar-refractivity contribution in [2.45, 2.75) is 26.9 Å². The van der Waals surface area contributed by atoms with Crippen LogP contribution in [-0.2, 0) is 13.1 Å². The van der Waals surface area contributed by atoms with E-state index < -0.39 is 0 Å². The summed E-state index contributed by atoms with van der Waals surface area (Å²) < 4.78 is 14.8. The molecular formula is C19H21FN4OS. The second-order valence-electron chi connectivity index (χ2n) is 6.02. The van der Waals surface area contributed by atoms with Crippen molar-refractivity contribution < 1.29 is 9.18 Å². The van der Waals surface area contributed by atoms with Gasteiger partial charge < -0.3 is 10.6 Å². The first-order valence-corrected chi connectivity index (χ1v) is 9.31. The van der Waals surface area contributed by atoms with Gasteiger partial charge in [-0.1, -0.05) is 12.1 Å². The van der Waals surface area contributed by atoms with Gasteiger partial charge >= 0.3 is 6.03 Å². The molecule has 2 aromatic heterocycles. The van der Waals surface area contributed by atoms with Crippen molar-refractivity contribution in [2.24, 2.45) is 0 Å². The Morgan fingerprint density at radius 3 is 2.65 bits per heavy atom. The monoisotopic (exact) mass is 372 g/mol. The van der Waals surface area contributed by atoms with Crippen LogP contribution in [0.4, 0.5) is 9.18 Å². The summed E-state index contributed by atoms with van der Waals surface area (Å²) in [6, 6.07) is 7.89. The summed E-state index contributed by atoms with van der Waals surface area (Å²) in [7, 11) is 0. The Morgan fingerprint density at radius 1 is 1.19 bits per heavy atom. The smallest absolute Gasteiger partial charge is 0.315 e. The molecule has 0 aliphatic rings. The first kappa shape index (κ1) is 18.1. The fourth-order valence-corrected chi connectivity index (χ4v) is 3.51. The van der Waals surface area contributed by atoms with E-state index in [1.807, 2.05) is 18.5 Å². The van der Waals surface area contributed by atoms with Crippen LogP contribution in [0.25, 0.3) is 11.1 Å². The molecule has 3 rings (SSSR count). The summed E-state index contributed by atoms with van der Waals surface area (Å²) >= 11 is 1.66. The van der Waals surface area contributed by atoms with Crippen LogP contribution in [0, 0.1) is 19.7 Å². The van der Waals surface area contributed by atoms with E-state index in [2.05, 4.69) is 32.6 Å². The van der Waals surface area contributed by atoms with E-state index in [0.29, 0.717) is 19.6 Å². The molecule has 2 N–H and O–H groups in total. The van der Waals surface area contributed by atoms with Gasteiger partial charge in [0.1, 0.15) is 5.82 Å². The summed E-state index contributed by atoms with van der Waals surface area (Å²) in [5.41, 5.74) is 5.27. The normalized spacial score (nSPS) is 10.7. The Balaban J connectivity index is 1.49. The Kier molecular flexibility index (Phi) is 5.68. The molecular weight excluding hydrogens is 351 g/mol. The first-order chi connectivity index (χ1) is 12.5. The second kappa shape index (κ2) is 8.14. The number of thiophene rings is 1. The summed E-state index contributed by atoms with van der Waals surface area (Å²) in [6.45, 7) is 5.47. The van der Waals surface area contributed by atoms with Crippen molar-refractivity contribution in [3.63, 3.8) is 0 Å². The van der Waals surface area contributed by atoms with Gasteiger partial charge in [0.15, 0.2) is 0 Å². The predicted octanol–water partition coefficient (Wildman–Crippen LogP) is 3.87. The first-order valence-electron chi connectivity index (χ1n) is 8.37. The number of hydrogen-bond donors (Lipinski definition) is 2. The van der Waals surface area contributed by atoms with E-state index in [0.717, 1.165) is 22.5 Å². The lowest BCUT2D eigenvalue weighted by molar-refractivity contribution is 0.240. The zero-order chi connectivity index (χ0) is 18.5. The maximum Gasteiger partial charge on any atom is 0.315 e. The van der Waals surface area contributed by atoms with E-state index in [1.54, 1.807) is 23.5 Å². The van der Waals surface area contributed by atoms with Gasteiger partial charge in [0.2, 0.25) is 0 Å². The van der Waals surface area contributed by atoms with Crippen molar-refractivity contribution in [3.8, 4) is 11.1 Å². The molecule has 0 spiro atoms. The maximum absolute atomic E-state index is 12.9. The summed E-state index contributed by atoms with van der Waals surface area (Å²) in [6.07, 6.45) is 0. The lowest BCUT2D eigenvalue weighted by Crippen LogP contribution is -2.37. The van der Waals surface area contributed by atoms with Gasteiger partial charge in [0, 0.05) is 24.3 Å². The molecule has 0 saturated carbocycles. The number of urea groups is 1. The number of rotatable bonds is 6. The number of carbonyl (C=O) groups is 1. The van der Waals surface area contributed by atoms with Gasteiger partial charge in [-0.25, -0.2) is 9.18 Å². The van der Waals surface area contributed by atoms with Gasteiger partial charge in [-0.15, -0.1) is 0 Å². The SMILES string of the molecule is Cc1nn(CCNC(=O)NCc2ccc(F)cc2)c(C)c1-c1ccsc1. The van der Waals surface area contributed by atoms with Crippen molar-refractivity contribution in [3.05, 3.63) is 63.9 Å². The highest BCUT2D eigenvalue weighted by molar-refractivity contribution is 7.08. The van der Waals surface area contributed by atoms with E-state index >= 15 is 0 Å². The van der Waals surface area contributed by atoms with E-state index in [1.165, 1.54) is 17.7 Å². The van der Waals surface area contributed by atoms with Gasteiger partial charge in [-0.3, -0.25) is 4.68 Å². The van der Waals surface area contributed by atoms with Gasteiger partial charge in [0.25, 0.3) is 0 Å². The quantitative estimate of drug-likeness (QED) is 0.690. The molecule has 0 atom stereocenters. The van der Waals surface area contributed by atoms with E-state index in [4.69, 9.17) is 0 Å². The molecule has 0 aliphatic heterocycles. The Bertz CT molecular complexity index is 872. The van der Waals surface area contributed by atoms with Crippen molar-refractivity contribution in [1.82, 2.24) is 20.4 Å². The maximum atomic E-state index is 12.9. The molecule has 26 heavy (non-hydrogen) atoms. The van der Waals surface area contributed by atoms with Crippen LogP contribution < -0.4 is 10.6 Å². The molecule has 0 saturated heterocycles. The fourth-order valence-electron chi connectivity index (χ4n) is 2.86. The average Bonchev–Trinajstić information content (AvgIpc) is 3.23. The number of halogens is 1. The van der Waals surface area contributed by atoms with Gasteiger partial charge in [0.05, 0.1) is 12.2 Å². The molecule has 0 radical (unpaired) electrons. The lowest BCUT2D eigenvalue weighted by atomic mass is 10.1. The molecule has 2 amide bonds. The number of amides is 2. The Morgan fingerprint density at radius 2 is 1.96 bits per heavy atom. The minimum atomic E-state index is -0.287. The molecule has 3 aromatic rings. The minimum absolute atomic E-state index is 0.256. The molecule has 2 heterocycles. The highest BCUT2D eigenvalue weighted by atomic mass is 32.1. The summed E-state index contributed by atoms with van der Waals surface area (Å²) in [5, 5.41) is 14.3. The van der Waals surface area contributed by atoms with Gasteiger partial charge in [-0.05, 0) is 53.9 Å². The number of aryl methyl sites for hydroxylation is 1. The number of hydrogen-bond acceptors (Lipinski definition) is 3. The zero-order valence-electron chi connectivity index (χ0n) is 14.8. The number of nitrogens with zero attached hydrogens (tertiary/aromatic N) is 2. The second-order valence-corrected chi connectivity index (χ2v) is 6.80. The molecule has 5 nitrogen and oxygen atoms in total. The van der Waals surface area contributed by atoms with Crippen LogP contribution in [0.5, 0.6) is 0 Å². The average molecular weight is 372 g/mol. The minimum Gasteiger partial charge on any atom is -0.336 e. The van der Waals surface area contributed by atoms with Crippen LogP contribution in [-0.4, -0.2) is 22.4 Å². The molecule has 0 fully saturated rings. The van der Waals surface area contributed by atoms with E-state index in [-0.39, 0.29) is 11.8 Å². The zero-order valence-corrected chi connectivity index (χ0v) is 15.6. The molecule has 7 heteroatoms. The third-order valence-corrected chi connectivity index (χ3v) is 4.85. The number of carbonyl (C=O) groups excluding carboxylic acids is 1. The van der Waals surface area contributed by atoms with Gasteiger partial charge in [-0.2, -0.15) is 16.4 Å². The molecule has 1 aromatic carbocycles. The third kappa shape index (κ3) is 4.29. The van der Waals surface area contributed by atoms with Crippen LogP contribution in [0.1, 0.15) is 17.0 Å². The van der Waals surface area contributed by atoms with Crippen molar-refractivity contribution in [2.75, 3.05) is 6.54 Å². The number of benzene rings is 1. The molecule has 0 bridgehead atoms. The fraction of sp³-hybridized carbons (Fsp3) is 0.263. The topological polar surface area (TPSA) is 59.0 Å². The summed E-state index contributed by atoms with van der Waals surface area (Å²) in [5.74, 6) is -0.287. The van der Waals surface area contributed by atoms with E-state index in [9.17, 15) is 9.18 Å². The van der Waals surface area contributed by atoms with Crippen LogP contribution >= 0.6 is 11.3 Å². The van der Waals surface area contributed by atoms with Crippen molar-refractivity contribution in [1.29, 1.82) is 0 Å². The third-order valence-electron chi connectivity index (χ3n) is 4.17. The van der Waals surface area contributed by atoms with Crippen LogP contribution in [0.15, 0.2) is 41.1 Å². The predicted molar refractivity (Wildman–Crippen MR) is 102 cm³/mol. The van der Waals surface area contributed by atoms with Crippen LogP contribution in [0.3, 0.4) is 0 Å². The van der Waals surface area contributed by atoms with Crippen LogP contribution in [0.2, 0.25) is 0 Å². The summed E-state index contributed by atoms with van der Waals surface area (Å²) in [4.78, 5) is 11.9. The highest BCUT2D eigenvalue weighted by Gasteiger charge is 2.13. The van der Waals surface area contributed by atoms with Crippen molar-refractivity contribution >= 4 is 17.4 Å². The Labute approximate surface area is 155 Å². The Hall–Kier alpha value is -2.67. The molecule has 136 valence electrons. The standard InChI is InChI=1S/C19H21FN4OS/c1-13-18(16-7-10-26-12-16)14(2)24(23-13)9-8-21-19(25)22-11-15-3-5-17(20)6-4-15/h3-7,10,12H,8-9,11H2,1-2H3,(H2,21,22,25). The highest BCUT2D eigenvalue weighted by Crippen LogP contribution is 2.28. The largest absolute Gasteiger partial charge is 0.336 e. The number of nitrogens with one attached hydrogen (secondary N) is 2. The molecule has 0 aliphatic carbocycles. The number of aromatic nitrogens is 2. The lowest BCUT2D eigenvalue weighted by Gasteiger charge is -2.09.